The van der Waals surface area contributed by atoms with Crippen LogP contribution in [0.2, 0.25) is 0 Å². The number of rotatable bonds is 13. The largest absolute Gasteiger partial charge is 0.493 e. The number of hydrogen-bond donors (Lipinski definition) is 0. The van der Waals surface area contributed by atoms with Crippen molar-refractivity contribution in [3.05, 3.63) is 53.6 Å². The van der Waals surface area contributed by atoms with Gasteiger partial charge in [-0.05, 0) is 61.3 Å². The van der Waals surface area contributed by atoms with Crippen molar-refractivity contribution < 1.29 is 33.3 Å². The Bertz CT molecular complexity index is 1090. The molecule has 0 bridgehead atoms. The van der Waals surface area contributed by atoms with Crippen molar-refractivity contribution >= 4 is 11.9 Å². The molecule has 1 saturated heterocycles. The van der Waals surface area contributed by atoms with E-state index in [0.29, 0.717) is 49.8 Å². The number of piperidine rings is 1. The van der Waals surface area contributed by atoms with E-state index >= 15 is 0 Å². The molecule has 8 nitrogen and oxygen atoms in total. The van der Waals surface area contributed by atoms with E-state index in [1.54, 1.807) is 26.2 Å². The molecule has 2 fully saturated rings. The van der Waals surface area contributed by atoms with Crippen LogP contribution in [0.1, 0.15) is 74.8 Å². The molecule has 8 heteroatoms. The molecule has 1 aliphatic heterocycles. The van der Waals surface area contributed by atoms with E-state index in [1.807, 2.05) is 42.5 Å². The van der Waals surface area contributed by atoms with E-state index in [1.165, 1.54) is 6.42 Å². The van der Waals surface area contributed by atoms with Crippen LogP contribution < -0.4 is 14.2 Å². The highest BCUT2D eigenvalue weighted by atomic mass is 16.5. The second kappa shape index (κ2) is 15.7. The zero-order valence-corrected chi connectivity index (χ0v) is 24.8. The number of carbonyl (C=O) groups is 2. The van der Waals surface area contributed by atoms with Gasteiger partial charge < -0.3 is 28.6 Å². The van der Waals surface area contributed by atoms with Crippen LogP contribution in [0.5, 0.6) is 17.2 Å². The minimum Gasteiger partial charge on any atom is -0.493 e. The number of nitrogens with zero attached hydrogens (tertiary/aromatic N) is 1. The van der Waals surface area contributed by atoms with Gasteiger partial charge in [0.25, 0.3) is 0 Å². The molecule has 41 heavy (non-hydrogen) atoms. The maximum atomic E-state index is 14.4. The summed E-state index contributed by atoms with van der Waals surface area (Å²) in [5, 5.41) is 0. The quantitative estimate of drug-likeness (QED) is 0.220. The number of benzene rings is 2. The lowest BCUT2D eigenvalue weighted by molar-refractivity contribution is -0.158. The minimum absolute atomic E-state index is 0.0148. The van der Waals surface area contributed by atoms with Gasteiger partial charge in [0.2, 0.25) is 11.7 Å². The Balaban J connectivity index is 1.45. The number of likely N-dealkylation sites (tertiary alicyclic amines) is 1. The third-order valence-electron chi connectivity index (χ3n) is 8.28. The van der Waals surface area contributed by atoms with Crippen molar-refractivity contribution in [2.75, 3.05) is 41.1 Å². The average molecular weight is 568 g/mol. The monoisotopic (exact) mass is 567 g/mol. The third-order valence-corrected chi connectivity index (χ3v) is 8.28. The van der Waals surface area contributed by atoms with E-state index in [9.17, 15) is 9.59 Å². The first kappa shape index (κ1) is 30.7. The number of ether oxygens (including phenoxy) is 5. The molecule has 2 aliphatic rings. The molecule has 2 atom stereocenters. The Labute approximate surface area is 244 Å². The molecule has 0 aromatic heterocycles. The molecule has 1 amide bonds. The molecule has 1 heterocycles. The lowest BCUT2D eigenvalue weighted by atomic mass is 9.75. The van der Waals surface area contributed by atoms with E-state index in [-0.39, 0.29) is 24.4 Å². The Morgan fingerprint density at radius 3 is 2.20 bits per heavy atom. The number of amides is 1. The van der Waals surface area contributed by atoms with Crippen LogP contribution in [0.15, 0.2) is 42.5 Å². The number of carbonyl (C=O) groups excluding carboxylic acids is 2. The molecule has 0 spiro atoms. The van der Waals surface area contributed by atoms with Gasteiger partial charge in [-0.2, -0.15) is 0 Å². The Kier molecular flexibility index (Phi) is 11.7. The first-order chi connectivity index (χ1) is 20.1. The predicted molar refractivity (Wildman–Crippen MR) is 156 cm³/mol. The van der Waals surface area contributed by atoms with Gasteiger partial charge in [-0.25, -0.2) is 4.79 Å². The van der Waals surface area contributed by atoms with E-state index < -0.39 is 12.0 Å². The number of esters is 1. The molecule has 4 rings (SSSR count). The van der Waals surface area contributed by atoms with Gasteiger partial charge in [-0.15, -0.1) is 0 Å². The SMILES string of the molecule is COc1cc(C(C(=O)N2CCCC[C@H]2C(=O)OCCCOCc2ccccc2)C2CCCCC2)cc(OC)c1OC. The maximum absolute atomic E-state index is 14.4. The third kappa shape index (κ3) is 7.94. The molecule has 1 unspecified atom stereocenters. The van der Waals surface area contributed by atoms with Crippen LogP contribution in [-0.4, -0.2) is 63.9 Å². The topological polar surface area (TPSA) is 83.5 Å². The second-order valence-corrected chi connectivity index (χ2v) is 10.9. The number of methoxy groups -OCH3 is 3. The fourth-order valence-corrected chi connectivity index (χ4v) is 6.18. The highest BCUT2D eigenvalue weighted by molar-refractivity contribution is 5.89. The zero-order valence-electron chi connectivity index (χ0n) is 24.8. The summed E-state index contributed by atoms with van der Waals surface area (Å²) in [6.07, 6.45) is 8.29. The summed E-state index contributed by atoms with van der Waals surface area (Å²) in [4.78, 5) is 29.5. The van der Waals surface area contributed by atoms with Gasteiger partial charge in [0, 0.05) is 13.0 Å². The van der Waals surface area contributed by atoms with Gasteiger partial charge >= 0.3 is 5.97 Å². The second-order valence-electron chi connectivity index (χ2n) is 10.9. The van der Waals surface area contributed by atoms with Gasteiger partial charge in [0.05, 0.1) is 47.1 Å². The summed E-state index contributed by atoms with van der Waals surface area (Å²) >= 11 is 0. The molecule has 2 aromatic rings. The fraction of sp³-hybridized carbons (Fsp3) is 0.576. The Hall–Kier alpha value is -3.26. The predicted octanol–water partition coefficient (Wildman–Crippen LogP) is 5.91. The van der Waals surface area contributed by atoms with Crippen molar-refractivity contribution in [1.29, 1.82) is 0 Å². The van der Waals surface area contributed by atoms with Crippen LogP contribution in [0, 0.1) is 5.92 Å². The van der Waals surface area contributed by atoms with Crippen molar-refractivity contribution in [3.63, 3.8) is 0 Å². The lowest BCUT2D eigenvalue weighted by Gasteiger charge is -2.39. The highest BCUT2D eigenvalue weighted by Gasteiger charge is 2.40. The van der Waals surface area contributed by atoms with Crippen LogP contribution >= 0.6 is 0 Å². The van der Waals surface area contributed by atoms with Crippen LogP contribution in [0.3, 0.4) is 0 Å². The summed E-state index contributed by atoms with van der Waals surface area (Å²) in [6.45, 7) is 1.85. The normalized spacial score (nSPS) is 18.4. The van der Waals surface area contributed by atoms with Gasteiger partial charge in [-0.3, -0.25) is 4.79 Å². The summed E-state index contributed by atoms with van der Waals surface area (Å²) in [5.74, 6) is 0.996. The van der Waals surface area contributed by atoms with Crippen LogP contribution in [0.4, 0.5) is 0 Å². The van der Waals surface area contributed by atoms with Gasteiger partial charge in [0.15, 0.2) is 11.5 Å². The van der Waals surface area contributed by atoms with Crippen molar-refractivity contribution in [2.45, 2.75) is 76.4 Å². The molecule has 0 N–H and O–H groups in total. The van der Waals surface area contributed by atoms with E-state index in [2.05, 4.69) is 0 Å². The van der Waals surface area contributed by atoms with Crippen molar-refractivity contribution in [3.8, 4) is 17.2 Å². The molecule has 1 saturated carbocycles. The molecule has 0 radical (unpaired) electrons. The first-order valence-electron chi connectivity index (χ1n) is 15.0. The summed E-state index contributed by atoms with van der Waals surface area (Å²) < 4.78 is 28.2. The van der Waals surface area contributed by atoms with Crippen molar-refractivity contribution in [2.24, 2.45) is 5.92 Å². The Morgan fingerprint density at radius 1 is 0.854 bits per heavy atom. The van der Waals surface area contributed by atoms with E-state index in [4.69, 9.17) is 23.7 Å². The molecule has 224 valence electrons. The average Bonchev–Trinajstić information content (AvgIpc) is 3.03. The molecular formula is C33H45NO7. The standard InChI is InChI=1S/C33H45NO7/c1-37-28-21-26(22-29(38-2)31(28)39-3)30(25-15-8-5-9-16-25)32(35)34-18-11-10-17-27(34)33(36)41-20-12-19-40-23-24-13-6-4-7-14-24/h4,6-7,13-14,21-22,25,27,30H,5,8-12,15-20,23H2,1-3H3/t27-,30?/m0/s1. The number of hydrogen-bond acceptors (Lipinski definition) is 7. The molecular weight excluding hydrogens is 522 g/mol. The summed E-state index contributed by atoms with van der Waals surface area (Å²) in [7, 11) is 4.74. The van der Waals surface area contributed by atoms with Crippen LogP contribution in [-0.2, 0) is 25.7 Å². The van der Waals surface area contributed by atoms with Crippen LogP contribution in [0.25, 0.3) is 0 Å². The van der Waals surface area contributed by atoms with Crippen molar-refractivity contribution in [1.82, 2.24) is 4.90 Å². The smallest absolute Gasteiger partial charge is 0.328 e. The van der Waals surface area contributed by atoms with E-state index in [0.717, 1.165) is 49.7 Å². The molecule has 2 aromatic carbocycles. The summed E-state index contributed by atoms with van der Waals surface area (Å²) in [5.41, 5.74) is 1.95. The summed E-state index contributed by atoms with van der Waals surface area (Å²) in [6, 6.07) is 13.2. The first-order valence-corrected chi connectivity index (χ1v) is 15.0. The molecule has 1 aliphatic carbocycles. The maximum Gasteiger partial charge on any atom is 0.328 e. The minimum atomic E-state index is -0.574. The highest BCUT2D eigenvalue weighted by Crippen LogP contribution is 2.45. The fourth-order valence-electron chi connectivity index (χ4n) is 6.18. The lowest BCUT2D eigenvalue weighted by Crippen LogP contribution is -2.51. The van der Waals surface area contributed by atoms with Gasteiger partial charge in [-0.1, -0.05) is 49.6 Å². The Morgan fingerprint density at radius 2 is 1.54 bits per heavy atom. The van der Waals surface area contributed by atoms with Gasteiger partial charge in [0.1, 0.15) is 6.04 Å². The zero-order chi connectivity index (χ0) is 29.0.